The Balaban J connectivity index is 1.70. The van der Waals surface area contributed by atoms with Crippen LogP contribution in [0, 0.1) is 0 Å². The summed E-state index contributed by atoms with van der Waals surface area (Å²) in [5.74, 6) is 1.72. The fourth-order valence-electron chi connectivity index (χ4n) is 2.19. The summed E-state index contributed by atoms with van der Waals surface area (Å²) < 4.78 is 15.8. The van der Waals surface area contributed by atoms with Gasteiger partial charge in [-0.1, -0.05) is 11.2 Å². The number of amides is 1. The van der Waals surface area contributed by atoms with Crippen molar-refractivity contribution in [3.8, 4) is 22.8 Å². The van der Waals surface area contributed by atoms with Gasteiger partial charge in [0.1, 0.15) is 5.69 Å². The van der Waals surface area contributed by atoms with Gasteiger partial charge >= 0.3 is 0 Å². The molecule has 0 aliphatic rings. The summed E-state index contributed by atoms with van der Waals surface area (Å²) in [7, 11) is 3.16. The van der Waals surface area contributed by atoms with E-state index in [-0.39, 0.29) is 5.91 Å². The highest BCUT2D eigenvalue weighted by molar-refractivity contribution is 7.12. The lowest BCUT2D eigenvalue weighted by molar-refractivity contribution is 0.0954. The highest BCUT2D eigenvalue weighted by Crippen LogP contribution is 2.32. The Bertz CT molecular complexity index is 827. The molecule has 24 heavy (non-hydrogen) atoms. The Morgan fingerprint density at radius 1 is 1.21 bits per heavy atom. The van der Waals surface area contributed by atoms with E-state index in [1.54, 1.807) is 32.4 Å². The van der Waals surface area contributed by atoms with Crippen molar-refractivity contribution in [2.45, 2.75) is 6.54 Å². The molecule has 0 unspecified atom stereocenters. The molecule has 0 saturated heterocycles. The third-order valence-corrected chi connectivity index (χ3v) is 4.27. The quantitative estimate of drug-likeness (QED) is 0.742. The summed E-state index contributed by atoms with van der Waals surface area (Å²) in [4.78, 5) is 12.6. The van der Waals surface area contributed by atoms with Crippen LogP contribution in [0.1, 0.15) is 15.4 Å². The average Bonchev–Trinajstić information content (AvgIpc) is 3.30. The maximum Gasteiger partial charge on any atom is 0.261 e. The van der Waals surface area contributed by atoms with Crippen molar-refractivity contribution in [1.82, 2.24) is 10.5 Å². The lowest BCUT2D eigenvalue weighted by Gasteiger charge is -2.07. The van der Waals surface area contributed by atoms with E-state index >= 15 is 0 Å². The second-order valence-corrected chi connectivity index (χ2v) is 5.86. The zero-order valence-corrected chi connectivity index (χ0v) is 14.1. The number of carbonyl (C=O) groups excluding carboxylic acids is 1. The number of ether oxygens (including phenoxy) is 2. The molecule has 2 aromatic heterocycles. The molecule has 1 aromatic carbocycles. The van der Waals surface area contributed by atoms with Crippen LogP contribution in [0.3, 0.4) is 0 Å². The number of carbonyl (C=O) groups is 1. The number of hydrogen-bond donors (Lipinski definition) is 1. The van der Waals surface area contributed by atoms with Crippen LogP contribution in [-0.2, 0) is 6.54 Å². The second-order valence-electron chi connectivity index (χ2n) is 4.91. The molecular formula is C17H16N2O4S. The van der Waals surface area contributed by atoms with Gasteiger partial charge in [-0.2, -0.15) is 0 Å². The summed E-state index contributed by atoms with van der Waals surface area (Å²) in [6.07, 6.45) is 0. The number of nitrogens with zero attached hydrogens (tertiary/aromatic N) is 1. The highest BCUT2D eigenvalue weighted by Gasteiger charge is 2.12. The van der Waals surface area contributed by atoms with E-state index in [4.69, 9.17) is 14.0 Å². The molecule has 6 nitrogen and oxygen atoms in total. The second kappa shape index (κ2) is 7.18. The Labute approximate surface area is 143 Å². The molecule has 1 N–H and O–H groups in total. The summed E-state index contributed by atoms with van der Waals surface area (Å²) >= 11 is 1.39. The molecule has 0 aliphatic carbocycles. The van der Waals surface area contributed by atoms with Gasteiger partial charge in [0.15, 0.2) is 17.3 Å². The molecule has 0 bridgehead atoms. The number of nitrogens with one attached hydrogen (secondary N) is 1. The lowest BCUT2D eigenvalue weighted by atomic mass is 10.1. The molecule has 0 radical (unpaired) electrons. The average molecular weight is 344 g/mol. The number of hydrogen-bond acceptors (Lipinski definition) is 6. The van der Waals surface area contributed by atoms with Crippen molar-refractivity contribution in [2.75, 3.05) is 14.2 Å². The van der Waals surface area contributed by atoms with Crippen molar-refractivity contribution >= 4 is 17.2 Å². The molecule has 7 heteroatoms. The first-order valence-corrected chi connectivity index (χ1v) is 8.09. The zero-order chi connectivity index (χ0) is 16.9. The van der Waals surface area contributed by atoms with Crippen molar-refractivity contribution in [3.05, 3.63) is 52.3 Å². The van der Waals surface area contributed by atoms with Crippen molar-refractivity contribution in [2.24, 2.45) is 0 Å². The van der Waals surface area contributed by atoms with E-state index in [0.29, 0.717) is 34.4 Å². The number of aromatic nitrogens is 1. The third kappa shape index (κ3) is 3.41. The fourth-order valence-corrected chi connectivity index (χ4v) is 2.83. The van der Waals surface area contributed by atoms with E-state index in [0.717, 1.165) is 5.56 Å². The minimum absolute atomic E-state index is 0.124. The fraction of sp³-hybridized carbons (Fsp3) is 0.176. The smallest absolute Gasteiger partial charge is 0.261 e. The van der Waals surface area contributed by atoms with Gasteiger partial charge in [0.2, 0.25) is 0 Å². The lowest BCUT2D eigenvalue weighted by Crippen LogP contribution is -2.21. The first-order valence-electron chi connectivity index (χ1n) is 7.21. The molecule has 0 aliphatic heterocycles. The van der Waals surface area contributed by atoms with Gasteiger partial charge in [0, 0.05) is 11.6 Å². The number of rotatable bonds is 6. The van der Waals surface area contributed by atoms with Crippen molar-refractivity contribution < 1.29 is 18.8 Å². The van der Waals surface area contributed by atoms with Gasteiger partial charge in [-0.25, -0.2) is 0 Å². The van der Waals surface area contributed by atoms with Crippen LogP contribution in [0.4, 0.5) is 0 Å². The molecule has 0 fully saturated rings. The number of benzene rings is 1. The highest BCUT2D eigenvalue weighted by atomic mass is 32.1. The number of methoxy groups -OCH3 is 2. The van der Waals surface area contributed by atoms with Crippen LogP contribution in [0.2, 0.25) is 0 Å². The predicted octanol–water partition coefficient (Wildman–Crippen LogP) is 3.35. The van der Waals surface area contributed by atoms with Gasteiger partial charge in [-0.05, 0) is 29.6 Å². The van der Waals surface area contributed by atoms with Gasteiger partial charge in [-0.3, -0.25) is 4.79 Å². The minimum Gasteiger partial charge on any atom is -0.493 e. The van der Waals surface area contributed by atoms with Gasteiger partial charge < -0.3 is 19.3 Å². The topological polar surface area (TPSA) is 73.6 Å². The first-order chi connectivity index (χ1) is 11.7. The van der Waals surface area contributed by atoms with Crippen LogP contribution in [0.25, 0.3) is 11.3 Å². The van der Waals surface area contributed by atoms with Gasteiger partial charge in [0.05, 0.1) is 25.6 Å². The maximum atomic E-state index is 11.9. The normalized spacial score (nSPS) is 10.4. The van der Waals surface area contributed by atoms with Crippen molar-refractivity contribution in [1.29, 1.82) is 0 Å². The molecule has 0 spiro atoms. The molecule has 3 aromatic rings. The largest absolute Gasteiger partial charge is 0.493 e. The summed E-state index contributed by atoms with van der Waals surface area (Å²) in [5.41, 5.74) is 1.46. The molecule has 0 atom stereocenters. The molecule has 0 saturated carbocycles. The monoisotopic (exact) mass is 344 g/mol. The van der Waals surface area contributed by atoms with Crippen LogP contribution in [0.15, 0.2) is 46.3 Å². The van der Waals surface area contributed by atoms with Crippen LogP contribution >= 0.6 is 11.3 Å². The van der Waals surface area contributed by atoms with E-state index in [1.165, 1.54) is 11.3 Å². The molecule has 1 amide bonds. The zero-order valence-electron chi connectivity index (χ0n) is 13.2. The minimum atomic E-state index is -0.124. The van der Waals surface area contributed by atoms with Gasteiger partial charge in [-0.15, -0.1) is 11.3 Å². The summed E-state index contributed by atoms with van der Waals surface area (Å²) in [6.45, 7) is 0.299. The predicted molar refractivity (Wildman–Crippen MR) is 90.5 cm³/mol. The van der Waals surface area contributed by atoms with E-state index < -0.39 is 0 Å². The molecular weight excluding hydrogens is 328 g/mol. The summed E-state index contributed by atoms with van der Waals surface area (Å²) in [6, 6.07) is 10.9. The van der Waals surface area contributed by atoms with Crippen molar-refractivity contribution in [3.63, 3.8) is 0 Å². The van der Waals surface area contributed by atoms with Crippen LogP contribution in [-0.4, -0.2) is 25.3 Å². The Hall–Kier alpha value is -2.80. The first kappa shape index (κ1) is 16.1. The van der Waals surface area contributed by atoms with Crippen LogP contribution in [0.5, 0.6) is 11.5 Å². The van der Waals surface area contributed by atoms with E-state index in [1.807, 2.05) is 23.6 Å². The standard InChI is InChI=1S/C17H16N2O4S/c1-21-13-6-5-11(8-15(13)22-2)14-9-12(19-23-14)10-18-17(20)16-4-3-7-24-16/h3-9H,10H2,1-2H3,(H,18,20). The Morgan fingerprint density at radius 3 is 2.75 bits per heavy atom. The maximum absolute atomic E-state index is 11.9. The molecule has 2 heterocycles. The van der Waals surface area contributed by atoms with E-state index in [2.05, 4.69) is 10.5 Å². The SMILES string of the molecule is COc1ccc(-c2cc(CNC(=O)c3cccs3)no2)cc1OC. The van der Waals surface area contributed by atoms with Gasteiger partial charge in [0.25, 0.3) is 5.91 Å². The van der Waals surface area contributed by atoms with Crippen LogP contribution < -0.4 is 14.8 Å². The molecule has 3 rings (SSSR count). The Kier molecular flexibility index (Phi) is 4.81. The van der Waals surface area contributed by atoms with E-state index in [9.17, 15) is 4.79 Å². The Morgan fingerprint density at radius 2 is 2.04 bits per heavy atom. The summed E-state index contributed by atoms with van der Waals surface area (Å²) in [5, 5.41) is 8.66. The molecule has 124 valence electrons. The number of thiophene rings is 1. The third-order valence-electron chi connectivity index (χ3n) is 3.40.